The van der Waals surface area contributed by atoms with Crippen LogP contribution < -0.4 is 0 Å². The predicted octanol–water partition coefficient (Wildman–Crippen LogP) is 3.13. The van der Waals surface area contributed by atoms with E-state index in [1.807, 2.05) is 0 Å². The van der Waals surface area contributed by atoms with Gasteiger partial charge in [-0.2, -0.15) is 10.1 Å². The summed E-state index contributed by atoms with van der Waals surface area (Å²) in [6.45, 7) is 0. The smallest absolute Gasteiger partial charge is 0.286 e. The molecule has 25 heavy (non-hydrogen) atoms. The Bertz CT molecular complexity index is 921. The number of hydrazone groups is 1. The zero-order valence-electron chi connectivity index (χ0n) is 12.4. The van der Waals surface area contributed by atoms with E-state index in [9.17, 15) is 20.0 Å². The van der Waals surface area contributed by atoms with Crippen LogP contribution in [0.3, 0.4) is 0 Å². The fourth-order valence-corrected chi connectivity index (χ4v) is 3.11. The van der Waals surface area contributed by atoms with Crippen molar-refractivity contribution in [3.05, 3.63) is 62.9 Å². The van der Waals surface area contributed by atoms with Crippen molar-refractivity contribution in [2.75, 3.05) is 0 Å². The summed E-state index contributed by atoms with van der Waals surface area (Å²) < 4.78 is 5.29. The second kappa shape index (κ2) is 6.87. The number of phenolic OH excluding ortho intramolecular Hbond substituents is 1. The van der Waals surface area contributed by atoms with Crippen molar-refractivity contribution in [2.45, 2.75) is 0 Å². The highest BCUT2D eigenvalue weighted by Crippen LogP contribution is 2.35. The van der Waals surface area contributed by atoms with Crippen LogP contribution in [-0.4, -0.2) is 31.5 Å². The molecule has 1 aliphatic heterocycles. The number of non-ortho nitro benzene ring substituents is 1. The summed E-state index contributed by atoms with van der Waals surface area (Å²) in [6, 6.07) is 6.88. The molecule has 0 atom stereocenters. The van der Waals surface area contributed by atoms with E-state index >= 15 is 0 Å². The lowest BCUT2D eigenvalue weighted by Gasteiger charge is -2.05. The third-order valence-electron chi connectivity index (χ3n) is 3.13. The number of benzene rings is 1. The summed E-state index contributed by atoms with van der Waals surface area (Å²) in [5.74, 6) is -0.229. The maximum absolute atomic E-state index is 12.4. The molecule has 1 N–H and O–H groups in total. The van der Waals surface area contributed by atoms with Gasteiger partial charge in [0, 0.05) is 17.7 Å². The Kier molecular flexibility index (Phi) is 4.63. The molecular weight excluding hydrogens is 366 g/mol. The molecule has 8 nitrogen and oxygen atoms in total. The number of thiocarbonyl (C=S) groups is 1. The number of rotatable bonds is 4. The van der Waals surface area contributed by atoms with Crippen LogP contribution in [0, 0.1) is 10.1 Å². The van der Waals surface area contributed by atoms with Gasteiger partial charge < -0.3 is 9.52 Å². The van der Waals surface area contributed by atoms with Crippen molar-refractivity contribution in [1.29, 1.82) is 0 Å². The summed E-state index contributed by atoms with van der Waals surface area (Å²) in [7, 11) is 0. The first kappa shape index (κ1) is 16.9. The van der Waals surface area contributed by atoms with E-state index < -0.39 is 10.8 Å². The molecule has 126 valence electrons. The van der Waals surface area contributed by atoms with Gasteiger partial charge in [0.15, 0.2) is 4.32 Å². The maximum atomic E-state index is 12.4. The van der Waals surface area contributed by atoms with Crippen molar-refractivity contribution < 1.29 is 19.2 Å². The average molecular weight is 375 g/mol. The highest BCUT2D eigenvalue weighted by atomic mass is 32.2. The number of thioether (sulfide) groups is 1. The number of furan rings is 1. The van der Waals surface area contributed by atoms with Crippen molar-refractivity contribution in [3.8, 4) is 5.75 Å². The molecule has 1 saturated heterocycles. The van der Waals surface area contributed by atoms with Gasteiger partial charge >= 0.3 is 0 Å². The van der Waals surface area contributed by atoms with Gasteiger partial charge in [-0.15, -0.1) is 0 Å². The number of aromatic hydroxyl groups is 1. The molecule has 0 bridgehead atoms. The van der Waals surface area contributed by atoms with Gasteiger partial charge in [0.05, 0.1) is 22.3 Å². The van der Waals surface area contributed by atoms with E-state index in [0.717, 1.165) is 16.8 Å². The first-order chi connectivity index (χ1) is 12.0. The SMILES string of the molecule is O=C1/C(=C\c2cc([N+](=O)[O-])ccc2O)SC(=S)N1/N=C/c1ccco1. The van der Waals surface area contributed by atoms with E-state index in [2.05, 4.69) is 5.10 Å². The molecule has 2 aromatic rings. The van der Waals surface area contributed by atoms with E-state index in [1.165, 1.54) is 36.8 Å². The Hall–Kier alpha value is -2.98. The summed E-state index contributed by atoms with van der Waals surface area (Å²) in [6.07, 6.45) is 4.15. The van der Waals surface area contributed by atoms with Crippen LogP contribution in [0.2, 0.25) is 0 Å². The third kappa shape index (κ3) is 3.59. The Morgan fingerprint density at radius 1 is 1.40 bits per heavy atom. The third-order valence-corrected chi connectivity index (χ3v) is 4.41. The van der Waals surface area contributed by atoms with Gasteiger partial charge in [-0.1, -0.05) is 11.8 Å². The highest BCUT2D eigenvalue weighted by Gasteiger charge is 2.32. The number of nitro benzene ring substituents is 1. The number of carbonyl (C=O) groups excluding carboxylic acids is 1. The van der Waals surface area contributed by atoms with E-state index in [-0.39, 0.29) is 26.2 Å². The monoisotopic (exact) mass is 375 g/mol. The number of phenols is 1. The Balaban J connectivity index is 1.88. The van der Waals surface area contributed by atoms with E-state index in [1.54, 1.807) is 12.1 Å². The van der Waals surface area contributed by atoms with Crippen LogP contribution in [0.25, 0.3) is 6.08 Å². The van der Waals surface area contributed by atoms with Crippen LogP contribution >= 0.6 is 24.0 Å². The van der Waals surface area contributed by atoms with E-state index in [0.29, 0.717) is 5.76 Å². The zero-order valence-corrected chi connectivity index (χ0v) is 14.0. The van der Waals surface area contributed by atoms with E-state index in [4.69, 9.17) is 16.6 Å². The van der Waals surface area contributed by atoms with Crippen LogP contribution in [0.15, 0.2) is 51.0 Å². The zero-order chi connectivity index (χ0) is 18.0. The van der Waals surface area contributed by atoms with Gasteiger partial charge in [0.25, 0.3) is 11.6 Å². The Labute approximate surface area is 150 Å². The first-order valence-corrected chi connectivity index (χ1v) is 8.01. The van der Waals surface area contributed by atoms with Gasteiger partial charge in [0.2, 0.25) is 0 Å². The number of nitrogens with zero attached hydrogens (tertiary/aromatic N) is 3. The molecular formula is C15H9N3O5S2. The summed E-state index contributed by atoms with van der Waals surface area (Å²) in [5.41, 5.74) is -0.0555. The second-order valence-corrected chi connectivity index (χ2v) is 6.43. The lowest BCUT2D eigenvalue weighted by Crippen LogP contribution is -2.22. The molecule has 2 heterocycles. The molecule has 3 rings (SSSR count). The molecule has 1 aromatic carbocycles. The first-order valence-electron chi connectivity index (χ1n) is 6.78. The van der Waals surface area contributed by atoms with Crippen LogP contribution in [0.4, 0.5) is 5.69 Å². The van der Waals surface area contributed by atoms with Crippen molar-refractivity contribution in [3.63, 3.8) is 0 Å². The Morgan fingerprint density at radius 2 is 2.20 bits per heavy atom. The van der Waals surface area contributed by atoms with Crippen molar-refractivity contribution in [1.82, 2.24) is 5.01 Å². The van der Waals surface area contributed by atoms with Crippen LogP contribution in [0.1, 0.15) is 11.3 Å². The van der Waals surface area contributed by atoms with Gasteiger partial charge in [-0.3, -0.25) is 14.9 Å². The van der Waals surface area contributed by atoms with Gasteiger partial charge in [-0.25, -0.2) is 0 Å². The normalized spacial score (nSPS) is 16.3. The molecule has 1 aliphatic rings. The predicted molar refractivity (Wildman–Crippen MR) is 96.1 cm³/mol. The molecule has 0 unspecified atom stereocenters. The summed E-state index contributed by atoms with van der Waals surface area (Å²) in [4.78, 5) is 22.8. The fraction of sp³-hybridized carbons (Fsp3) is 0. The molecule has 0 radical (unpaired) electrons. The quantitative estimate of drug-likeness (QED) is 0.287. The number of hydrogen-bond donors (Lipinski definition) is 1. The second-order valence-electron chi connectivity index (χ2n) is 4.75. The number of nitro groups is 1. The minimum absolute atomic E-state index is 0.143. The van der Waals surface area contributed by atoms with Crippen molar-refractivity contribution in [2.24, 2.45) is 5.10 Å². The lowest BCUT2D eigenvalue weighted by atomic mass is 10.1. The van der Waals surface area contributed by atoms with Crippen molar-refractivity contribution >= 4 is 52.2 Å². The minimum atomic E-state index is -0.588. The summed E-state index contributed by atoms with van der Waals surface area (Å²) >= 11 is 6.10. The number of carbonyl (C=O) groups is 1. The van der Waals surface area contributed by atoms with Gasteiger partial charge in [0.1, 0.15) is 11.5 Å². The highest BCUT2D eigenvalue weighted by molar-refractivity contribution is 8.26. The molecule has 10 heteroatoms. The fourth-order valence-electron chi connectivity index (χ4n) is 1.95. The standard InChI is InChI=1S/C15H9N3O5S2/c19-12-4-3-10(18(21)22)6-9(12)7-13-14(20)17(15(24)25-13)16-8-11-2-1-5-23-11/h1-8,19H/b13-7+,16-8+. The topological polar surface area (TPSA) is 109 Å². The summed E-state index contributed by atoms with van der Waals surface area (Å²) in [5, 5.41) is 25.7. The molecule has 0 aliphatic carbocycles. The average Bonchev–Trinajstić information content (AvgIpc) is 3.17. The lowest BCUT2D eigenvalue weighted by molar-refractivity contribution is -0.384. The molecule has 1 fully saturated rings. The molecule has 1 amide bonds. The van der Waals surface area contributed by atoms with Gasteiger partial charge in [-0.05, 0) is 36.5 Å². The maximum Gasteiger partial charge on any atom is 0.286 e. The number of hydrogen-bond acceptors (Lipinski definition) is 8. The molecule has 0 spiro atoms. The molecule has 0 saturated carbocycles. The number of amides is 1. The molecule has 1 aromatic heterocycles. The van der Waals surface area contributed by atoms with Crippen LogP contribution in [0.5, 0.6) is 5.75 Å². The minimum Gasteiger partial charge on any atom is -0.507 e. The van der Waals surface area contributed by atoms with Crippen LogP contribution in [-0.2, 0) is 4.79 Å². The Morgan fingerprint density at radius 3 is 2.88 bits per heavy atom. The largest absolute Gasteiger partial charge is 0.507 e.